The van der Waals surface area contributed by atoms with E-state index in [0.717, 1.165) is 6.07 Å². The van der Waals surface area contributed by atoms with Gasteiger partial charge < -0.3 is 10.1 Å². The van der Waals surface area contributed by atoms with Crippen molar-refractivity contribution in [2.45, 2.75) is 6.61 Å². The van der Waals surface area contributed by atoms with Crippen LogP contribution in [0.3, 0.4) is 0 Å². The van der Waals surface area contributed by atoms with Gasteiger partial charge >= 0.3 is 0 Å². The molecule has 0 radical (unpaired) electrons. The van der Waals surface area contributed by atoms with Gasteiger partial charge in [0.05, 0.1) is 11.6 Å². The van der Waals surface area contributed by atoms with Crippen LogP contribution in [0.15, 0.2) is 42.5 Å². The normalized spacial score (nSPS) is 9.86. The molecule has 0 fully saturated rings. The number of benzene rings is 2. The number of carbonyl (C=O) groups excluding carboxylic acids is 1. The van der Waals surface area contributed by atoms with Gasteiger partial charge in [0, 0.05) is 6.07 Å². The molecule has 0 heterocycles. The van der Waals surface area contributed by atoms with Crippen molar-refractivity contribution in [2.24, 2.45) is 0 Å². The van der Waals surface area contributed by atoms with Gasteiger partial charge in [0.25, 0.3) is 5.91 Å². The van der Waals surface area contributed by atoms with Crippen molar-refractivity contribution in [3.8, 4) is 11.8 Å². The molecular weight excluding hydrogens is 290 g/mol. The van der Waals surface area contributed by atoms with Crippen molar-refractivity contribution in [2.75, 3.05) is 6.54 Å². The summed E-state index contributed by atoms with van der Waals surface area (Å²) in [5.74, 6) is -1.58. The number of nitrogens with zero attached hydrogens (tertiary/aromatic N) is 1. The Morgan fingerprint density at radius 2 is 2.05 bits per heavy atom. The van der Waals surface area contributed by atoms with Crippen molar-refractivity contribution >= 4 is 5.91 Å². The van der Waals surface area contributed by atoms with Crippen LogP contribution in [0.25, 0.3) is 0 Å². The summed E-state index contributed by atoms with van der Waals surface area (Å²) in [6.45, 7) is -0.118. The molecule has 0 aliphatic carbocycles. The summed E-state index contributed by atoms with van der Waals surface area (Å²) < 4.78 is 32.2. The Morgan fingerprint density at radius 1 is 1.23 bits per heavy atom. The quantitative estimate of drug-likeness (QED) is 0.864. The lowest BCUT2D eigenvalue weighted by Crippen LogP contribution is -2.24. The van der Waals surface area contributed by atoms with E-state index in [4.69, 9.17) is 10.00 Å². The molecule has 2 aromatic carbocycles. The van der Waals surface area contributed by atoms with E-state index < -0.39 is 11.7 Å². The first-order chi connectivity index (χ1) is 10.6. The zero-order chi connectivity index (χ0) is 15.9. The number of nitrogens with one attached hydrogen (secondary N) is 1. The fraction of sp³-hybridized carbons (Fsp3) is 0.125. The van der Waals surface area contributed by atoms with Gasteiger partial charge in [-0.2, -0.15) is 5.26 Å². The van der Waals surface area contributed by atoms with Crippen molar-refractivity contribution in [1.29, 1.82) is 5.26 Å². The predicted octanol–water partition coefficient (Wildman–Crippen LogP) is 2.80. The van der Waals surface area contributed by atoms with Gasteiger partial charge in [0.1, 0.15) is 30.5 Å². The topological polar surface area (TPSA) is 62.1 Å². The highest BCUT2D eigenvalue weighted by Crippen LogP contribution is 2.18. The molecule has 0 unspecified atom stereocenters. The number of hydrogen-bond donors (Lipinski definition) is 1. The summed E-state index contributed by atoms with van der Waals surface area (Å²) in [5.41, 5.74) is 0.435. The average Bonchev–Trinajstić information content (AvgIpc) is 2.51. The molecule has 0 bridgehead atoms. The van der Waals surface area contributed by atoms with Gasteiger partial charge in [-0.25, -0.2) is 8.78 Å². The highest BCUT2D eigenvalue weighted by molar-refractivity contribution is 5.94. The van der Waals surface area contributed by atoms with E-state index in [-0.39, 0.29) is 30.3 Å². The molecule has 6 heteroatoms. The van der Waals surface area contributed by atoms with Gasteiger partial charge in [0.15, 0.2) is 0 Å². The summed E-state index contributed by atoms with van der Waals surface area (Å²) in [6, 6.07) is 11.4. The molecule has 0 spiro atoms. The third-order valence-electron chi connectivity index (χ3n) is 2.81. The maximum Gasteiger partial charge on any atom is 0.255 e. The SMILES string of the molecule is N#CCNC(=O)c1ccc(OCc2cccc(F)c2)cc1F. The second-order valence-corrected chi connectivity index (χ2v) is 4.40. The van der Waals surface area contributed by atoms with E-state index >= 15 is 0 Å². The molecule has 1 N–H and O–H groups in total. The molecule has 0 saturated heterocycles. The van der Waals surface area contributed by atoms with Crippen LogP contribution in [0.1, 0.15) is 15.9 Å². The Hall–Kier alpha value is -2.94. The van der Waals surface area contributed by atoms with E-state index in [9.17, 15) is 13.6 Å². The molecule has 2 rings (SSSR count). The van der Waals surface area contributed by atoms with E-state index in [1.807, 2.05) is 0 Å². The first-order valence-electron chi connectivity index (χ1n) is 6.42. The smallest absolute Gasteiger partial charge is 0.255 e. The van der Waals surface area contributed by atoms with Gasteiger partial charge in [-0.05, 0) is 29.8 Å². The number of hydrogen-bond acceptors (Lipinski definition) is 3. The van der Waals surface area contributed by atoms with Crippen molar-refractivity contribution in [3.63, 3.8) is 0 Å². The van der Waals surface area contributed by atoms with Crippen LogP contribution in [0, 0.1) is 23.0 Å². The van der Waals surface area contributed by atoms with Crippen LogP contribution in [0.5, 0.6) is 5.75 Å². The molecule has 0 aromatic heterocycles. The fourth-order valence-corrected chi connectivity index (χ4v) is 1.78. The van der Waals surface area contributed by atoms with Crippen LogP contribution < -0.4 is 10.1 Å². The summed E-state index contributed by atoms with van der Waals surface area (Å²) in [4.78, 5) is 11.6. The van der Waals surface area contributed by atoms with Crippen molar-refractivity contribution in [3.05, 3.63) is 65.2 Å². The lowest BCUT2D eigenvalue weighted by atomic mass is 10.2. The third kappa shape index (κ3) is 4.03. The van der Waals surface area contributed by atoms with Crippen LogP contribution >= 0.6 is 0 Å². The maximum absolute atomic E-state index is 13.8. The second-order valence-electron chi connectivity index (χ2n) is 4.40. The Kier molecular flexibility index (Phi) is 5.04. The first-order valence-corrected chi connectivity index (χ1v) is 6.42. The summed E-state index contributed by atoms with van der Waals surface area (Å²) in [7, 11) is 0. The van der Waals surface area contributed by atoms with Crippen LogP contribution in [-0.2, 0) is 6.61 Å². The van der Waals surface area contributed by atoms with E-state index in [0.29, 0.717) is 5.56 Å². The largest absolute Gasteiger partial charge is 0.489 e. The number of halogens is 2. The molecule has 1 amide bonds. The molecule has 0 saturated carbocycles. The third-order valence-corrected chi connectivity index (χ3v) is 2.81. The van der Waals surface area contributed by atoms with Gasteiger partial charge in [-0.3, -0.25) is 4.79 Å². The minimum Gasteiger partial charge on any atom is -0.489 e. The summed E-state index contributed by atoms with van der Waals surface area (Å²) >= 11 is 0. The van der Waals surface area contributed by atoms with Crippen molar-refractivity contribution in [1.82, 2.24) is 5.32 Å². The number of amides is 1. The zero-order valence-electron chi connectivity index (χ0n) is 11.5. The Bertz CT molecular complexity index is 726. The highest BCUT2D eigenvalue weighted by Gasteiger charge is 2.12. The van der Waals surface area contributed by atoms with Crippen molar-refractivity contribution < 1.29 is 18.3 Å². The lowest BCUT2D eigenvalue weighted by Gasteiger charge is -2.08. The molecular formula is C16H12F2N2O2. The average molecular weight is 302 g/mol. The predicted molar refractivity (Wildman–Crippen MR) is 75.1 cm³/mol. The van der Waals surface area contributed by atoms with Gasteiger partial charge in [-0.15, -0.1) is 0 Å². The minimum atomic E-state index is -0.757. The Morgan fingerprint density at radius 3 is 2.73 bits per heavy atom. The van der Waals surface area contributed by atoms with Crippen LogP contribution in [0.2, 0.25) is 0 Å². The lowest BCUT2D eigenvalue weighted by molar-refractivity contribution is 0.0954. The standard InChI is InChI=1S/C16H12F2N2O2/c17-12-3-1-2-11(8-12)10-22-13-4-5-14(15(18)9-13)16(21)20-7-6-19/h1-5,8-9H,7,10H2,(H,20,21). The molecule has 22 heavy (non-hydrogen) atoms. The summed E-state index contributed by atoms with van der Waals surface area (Å²) in [5, 5.41) is 10.6. The van der Waals surface area contributed by atoms with Crippen LogP contribution in [-0.4, -0.2) is 12.5 Å². The maximum atomic E-state index is 13.8. The number of rotatable bonds is 5. The molecule has 112 valence electrons. The second kappa shape index (κ2) is 7.18. The molecule has 0 aliphatic heterocycles. The first kappa shape index (κ1) is 15.4. The number of nitriles is 1. The van der Waals surface area contributed by atoms with Gasteiger partial charge in [0.2, 0.25) is 0 Å². The number of carbonyl (C=O) groups is 1. The molecule has 0 atom stereocenters. The van der Waals surface area contributed by atoms with Crippen LogP contribution in [0.4, 0.5) is 8.78 Å². The monoisotopic (exact) mass is 302 g/mol. The Labute approximate surface area is 125 Å². The Balaban J connectivity index is 2.03. The van der Waals surface area contributed by atoms with E-state index in [1.54, 1.807) is 18.2 Å². The molecule has 0 aliphatic rings. The van der Waals surface area contributed by atoms with E-state index in [2.05, 4.69) is 5.32 Å². The molecule has 2 aromatic rings. The minimum absolute atomic E-state index is 0.0805. The van der Waals surface area contributed by atoms with E-state index in [1.165, 1.54) is 24.3 Å². The highest BCUT2D eigenvalue weighted by atomic mass is 19.1. The summed E-state index contributed by atoms with van der Waals surface area (Å²) in [6.07, 6.45) is 0. The number of ether oxygens (including phenoxy) is 1. The zero-order valence-corrected chi connectivity index (χ0v) is 11.5. The fourth-order valence-electron chi connectivity index (χ4n) is 1.78. The molecule has 4 nitrogen and oxygen atoms in total. The van der Waals surface area contributed by atoms with Gasteiger partial charge in [-0.1, -0.05) is 12.1 Å².